The Bertz CT molecular complexity index is 901. The van der Waals surface area contributed by atoms with Crippen molar-refractivity contribution in [2.75, 3.05) is 6.54 Å². The first-order valence-corrected chi connectivity index (χ1v) is 8.11. The highest BCUT2D eigenvalue weighted by molar-refractivity contribution is 6.15. The summed E-state index contributed by atoms with van der Waals surface area (Å²) in [7, 11) is 0. The van der Waals surface area contributed by atoms with Crippen LogP contribution in [0, 0.1) is 0 Å². The van der Waals surface area contributed by atoms with Crippen LogP contribution in [0.5, 0.6) is 0 Å². The molecule has 2 aromatic carbocycles. The first kappa shape index (κ1) is 13.9. The van der Waals surface area contributed by atoms with E-state index in [-0.39, 0.29) is 0 Å². The number of aromatic nitrogens is 2. The number of allylic oxidation sites excluding steroid dienone is 1. The molecular formula is C20H19N3. The van der Waals surface area contributed by atoms with Crippen molar-refractivity contribution in [2.24, 2.45) is 4.99 Å². The van der Waals surface area contributed by atoms with Gasteiger partial charge in [-0.25, -0.2) is 4.98 Å². The van der Waals surface area contributed by atoms with E-state index >= 15 is 0 Å². The van der Waals surface area contributed by atoms with E-state index in [0.717, 1.165) is 30.7 Å². The first-order valence-electron chi connectivity index (χ1n) is 8.11. The van der Waals surface area contributed by atoms with Crippen LogP contribution in [0.15, 0.2) is 65.9 Å². The smallest absolute Gasteiger partial charge is 0.0958 e. The molecule has 0 unspecified atom stereocenters. The van der Waals surface area contributed by atoms with E-state index in [2.05, 4.69) is 70.0 Å². The Hall–Kier alpha value is -2.68. The molecule has 1 aromatic heterocycles. The number of hydrogen-bond acceptors (Lipinski definition) is 2. The Morgan fingerprint density at radius 3 is 2.74 bits per heavy atom. The average Bonchev–Trinajstić information content (AvgIpc) is 3.23. The summed E-state index contributed by atoms with van der Waals surface area (Å²) in [4.78, 5) is 9.22. The predicted molar refractivity (Wildman–Crippen MR) is 95.8 cm³/mol. The SMILES string of the molecule is CCCn1cnc2cc(C3=CC(c4ccccc4)=NC3)ccc21. The van der Waals surface area contributed by atoms with Crippen LogP contribution < -0.4 is 0 Å². The van der Waals surface area contributed by atoms with Crippen LogP contribution in [0.4, 0.5) is 0 Å². The molecule has 0 atom stereocenters. The van der Waals surface area contributed by atoms with Crippen molar-refractivity contribution in [1.29, 1.82) is 0 Å². The molecule has 0 spiro atoms. The zero-order chi connectivity index (χ0) is 15.6. The molecule has 2 heterocycles. The molecule has 3 heteroatoms. The molecule has 4 rings (SSSR count). The Labute approximate surface area is 136 Å². The third-order valence-electron chi connectivity index (χ3n) is 4.26. The molecule has 0 saturated carbocycles. The van der Waals surface area contributed by atoms with E-state index in [1.165, 1.54) is 22.2 Å². The van der Waals surface area contributed by atoms with Crippen LogP contribution in [0.25, 0.3) is 16.6 Å². The average molecular weight is 301 g/mol. The van der Waals surface area contributed by atoms with E-state index in [9.17, 15) is 0 Å². The Kier molecular flexibility index (Phi) is 3.54. The van der Waals surface area contributed by atoms with Gasteiger partial charge in [0, 0.05) is 6.54 Å². The summed E-state index contributed by atoms with van der Waals surface area (Å²) < 4.78 is 2.22. The topological polar surface area (TPSA) is 30.2 Å². The van der Waals surface area contributed by atoms with Gasteiger partial charge in [-0.1, -0.05) is 43.3 Å². The number of hydrogen-bond donors (Lipinski definition) is 0. The summed E-state index contributed by atoms with van der Waals surface area (Å²) in [6.45, 7) is 3.94. The molecule has 23 heavy (non-hydrogen) atoms. The molecule has 0 saturated heterocycles. The summed E-state index contributed by atoms with van der Waals surface area (Å²) in [6, 6.07) is 16.9. The number of imidazole rings is 1. The summed E-state index contributed by atoms with van der Waals surface area (Å²) in [5.41, 5.74) is 6.99. The van der Waals surface area contributed by atoms with E-state index in [1.807, 2.05) is 12.4 Å². The molecule has 1 aliphatic heterocycles. The number of nitrogens with zero attached hydrogens (tertiary/aromatic N) is 3. The maximum atomic E-state index is 4.68. The maximum Gasteiger partial charge on any atom is 0.0958 e. The zero-order valence-corrected chi connectivity index (χ0v) is 13.2. The van der Waals surface area contributed by atoms with E-state index in [4.69, 9.17) is 0 Å². The van der Waals surface area contributed by atoms with Gasteiger partial charge in [-0.15, -0.1) is 0 Å². The van der Waals surface area contributed by atoms with Crippen molar-refractivity contribution < 1.29 is 0 Å². The Balaban J connectivity index is 1.65. The number of rotatable bonds is 4. The number of fused-ring (bicyclic) bond motifs is 1. The van der Waals surface area contributed by atoms with Gasteiger partial charge in [0.1, 0.15) is 0 Å². The van der Waals surface area contributed by atoms with E-state index in [1.54, 1.807) is 0 Å². The van der Waals surface area contributed by atoms with Crippen LogP contribution >= 0.6 is 0 Å². The minimum Gasteiger partial charge on any atom is -0.331 e. The van der Waals surface area contributed by atoms with E-state index in [0.29, 0.717) is 0 Å². The third kappa shape index (κ3) is 2.59. The monoisotopic (exact) mass is 301 g/mol. The highest BCUT2D eigenvalue weighted by Crippen LogP contribution is 2.25. The molecule has 0 aliphatic carbocycles. The van der Waals surface area contributed by atoms with Crippen LogP contribution in [0.3, 0.4) is 0 Å². The van der Waals surface area contributed by atoms with Crippen LogP contribution in [0.1, 0.15) is 24.5 Å². The van der Waals surface area contributed by atoms with Gasteiger partial charge >= 0.3 is 0 Å². The molecule has 114 valence electrons. The number of aryl methyl sites for hydroxylation is 1. The quantitative estimate of drug-likeness (QED) is 0.705. The van der Waals surface area contributed by atoms with Gasteiger partial charge in [0.15, 0.2) is 0 Å². The fourth-order valence-corrected chi connectivity index (χ4v) is 3.07. The largest absolute Gasteiger partial charge is 0.331 e. The van der Waals surface area contributed by atoms with Crippen molar-refractivity contribution in [3.63, 3.8) is 0 Å². The molecular weight excluding hydrogens is 282 g/mol. The molecule has 1 aliphatic rings. The molecule has 3 aromatic rings. The lowest BCUT2D eigenvalue weighted by Gasteiger charge is -2.04. The fraction of sp³-hybridized carbons (Fsp3) is 0.200. The van der Waals surface area contributed by atoms with Gasteiger partial charge < -0.3 is 4.57 Å². The zero-order valence-electron chi connectivity index (χ0n) is 13.2. The summed E-state index contributed by atoms with van der Waals surface area (Å²) in [5.74, 6) is 0. The standard InChI is InChI=1S/C20H19N3/c1-2-10-23-14-22-19-11-16(8-9-20(19)23)17-12-18(21-13-17)15-6-4-3-5-7-15/h3-9,11-12,14H,2,10,13H2,1H3. The van der Waals surface area contributed by atoms with Gasteiger partial charge in [0.2, 0.25) is 0 Å². The minimum absolute atomic E-state index is 0.741. The van der Waals surface area contributed by atoms with Crippen LogP contribution in [-0.4, -0.2) is 21.8 Å². The van der Waals surface area contributed by atoms with Crippen molar-refractivity contribution in [3.05, 3.63) is 72.1 Å². The highest BCUT2D eigenvalue weighted by Gasteiger charge is 2.13. The minimum atomic E-state index is 0.741. The lowest BCUT2D eigenvalue weighted by Crippen LogP contribution is -1.94. The van der Waals surface area contributed by atoms with Crippen LogP contribution in [0.2, 0.25) is 0 Å². The van der Waals surface area contributed by atoms with Crippen LogP contribution in [-0.2, 0) is 6.54 Å². The van der Waals surface area contributed by atoms with Gasteiger partial charge in [-0.3, -0.25) is 4.99 Å². The lowest BCUT2D eigenvalue weighted by atomic mass is 10.0. The lowest BCUT2D eigenvalue weighted by molar-refractivity contribution is 0.697. The molecule has 3 nitrogen and oxygen atoms in total. The second-order valence-corrected chi connectivity index (χ2v) is 5.88. The van der Waals surface area contributed by atoms with Gasteiger partial charge in [-0.2, -0.15) is 0 Å². The van der Waals surface area contributed by atoms with E-state index < -0.39 is 0 Å². The maximum absolute atomic E-state index is 4.68. The molecule has 0 N–H and O–H groups in total. The highest BCUT2D eigenvalue weighted by atomic mass is 15.0. The first-order chi connectivity index (χ1) is 11.3. The second kappa shape index (κ2) is 5.84. The number of benzene rings is 2. The second-order valence-electron chi connectivity index (χ2n) is 5.88. The van der Waals surface area contributed by atoms with Gasteiger partial charge in [-0.05, 0) is 41.3 Å². The molecule has 0 bridgehead atoms. The normalized spacial score (nSPS) is 14.1. The predicted octanol–water partition coefficient (Wildman–Crippen LogP) is 4.33. The Morgan fingerprint density at radius 2 is 1.91 bits per heavy atom. The fourth-order valence-electron chi connectivity index (χ4n) is 3.07. The summed E-state index contributed by atoms with van der Waals surface area (Å²) >= 11 is 0. The molecule has 0 amide bonds. The third-order valence-corrected chi connectivity index (χ3v) is 4.26. The molecule has 0 fully saturated rings. The summed E-state index contributed by atoms with van der Waals surface area (Å²) in [6.07, 6.45) is 5.25. The molecule has 0 radical (unpaired) electrons. The van der Waals surface area contributed by atoms with Crippen molar-refractivity contribution >= 4 is 22.3 Å². The van der Waals surface area contributed by atoms with Crippen molar-refractivity contribution in [1.82, 2.24) is 9.55 Å². The summed E-state index contributed by atoms with van der Waals surface area (Å²) in [5, 5.41) is 0. The van der Waals surface area contributed by atoms with Crippen molar-refractivity contribution in [3.8, 4) is 0 Å². The van der Waals surface area contributed by atoms with Gasteiger partial charge in [0.05, 0.1) is 29.6 Å². The van der Waals surface area contributed by atoms with Crippen molar-refractivity contribution in [2.45, 2.75) is 19.9 Å². The van der Waals surface area contributed by atoms with Gasteiger partial charge in [0.25, 0.3) is 0 Å². The Morgan fingerprint density at radius 1 is 1.04 bits per heavy atom. The number of aliphatic imine (C=N–C) groups is 1.